The van der Waals surface area contributed by atoms with Gasteiger partial charge in [0.1, 0.15) is 0 Å². The molecule has 0 bridgehead atoms. The van der Waals surface area contributed by atoms with Crippen molar-refractivity contribution in [3.05, 3.63) is 0 Å². The second kappa shape index (κ2) is 5.19. The first kappa shape index (κ1) is 10.5. The van der Waals surface area contributed by atoms with Gasteiger partial charge in [-0.1, -0.05) is 6.92 Å². The van der Waals surface area contributed by atoms with Crippen LogP contribution in [-0.4, -0.2) is 43.2 Å². The Kier molecular flexibility index (Phi) is 4.18. The Hall–Kier alpha value is -0.610. The Balaban J connectivity index is 2.21. The van der Waals surface area contributed by atoms with Crippen LogP contribution in [0.1, 0.15) is 19.8 Å². The van der Waals surface area contributed by atoms with Crippen molar-refractivity contribution in [3.8, 4) is 0 Å². The molecule has 0 radical (unpaired) electrons. The molecule has 1 heterocycles. The Bertz CT molecular complexity index is 172. The molecule has 1 rings (SSSR count). The minimum Gasteiger partial charge on any atom is -0.548 e. The summed E-state index contributed by atoms with van der Waals surface area (Å²) in [7, 11) is 0. The highest BCUT2D eigenvalue weighted by Gasteiger charge is 2.18. The summed E-state index contributed by atoms with van der Waals surface area (Å²) in [5, 5.41) is 10.1. The Morgan fingerprint density at radius 2 is 2.46 bits per heavy atom. The number of nitrogens with zero attached hydrogens (tertiary/aromatic N) is 1. The molecule has 0 spiro atoms. The summed E-state index contributed by atoms with van der Waals surface area (Å²) in [5.41, 5.74) is 0. The number of likely N-dealkylation sites (N-methyl/N-ethyl adjacent to an activating group) is 1. The van der Waals surface area contributed by atoms with E-state index in [0.29, 0.717) is 0 Å². The fraction of sp³-hybridized carbons (Fsp3) is 0.889. The third-order valence-corrected chi connectivity index (χ3v) is 2.35. The molecule has 1 atom stereocenters. The number of hydrogen-bond acceptors (Lipinski definition) is 4. The van der Waals surface area contributed by atoms with E-state index in [-0.39, 0.29) is 12.7 Å². The topological polar surface area (TPSA) is 52.6 Å². The van der Waals surface area contributed by atoms with E-state index in [4.69, 9.17) is 4.74 Å². The van der Waals surface area contributed by atoms with Gasteiger partial charge in [0.05, 0.1) is 18.7 Å². The van der Waals surface area contributed by atoms with Crippen LogP contribution in [0.15, 0.2) is 0 Å². The predicted octanol–water partition coefficient (Wildman–Crippen LogP) is -0.763. The third kappa shape index (κ3) is 3.74. The van der Waals surface area contributed by atoms with E-state index in [1.807, 2.05) is 0 Å². The van der Waals surface area contributed by atoms with Crippen LogP contribution in [0.4, 0.5) is 0 Å². The molecule has 76 valence electrons. The standard InChI is InChI=1S/C9H17NO3/c1-2-10-5-3-4-8(6-10)13-7-9(11)12/h8H,2-7H2,1H3,(H,11,12)/p-1. The molecule has 1 unspecified atom stereocenters. The van der Waals surface area contributed by atoms with E-state index in [9.17, 15) is 9.90 Å². The zero-order valence-corrected chi connectivity index (χ0v) is 7.99. The molecule has 0 N–H and O–H groups in total. The van der Waals surface area contributed by atoms with Gasteiger partial charge in [-0.15, -0.1) is 0 Å². The molecule has 1 aliphatic rings. The number of hydrogen-bond donors (Lipinski definition) is 0. The highest BCUT2D eigenvalue weighted by Crippen LogP contribution is 2.12. The maximum Gasteiger partial charge on any atom is 0.0865 e. The molecule has 1 aliphatic heterocycles. The van der Waals surface area contributed by atoms with E-state index in [2.05, 4.69) is 11.8 Å². The second-order valence-electron chi connectivity index (χ2n) is 3.34. The summed E-state index contributed by atoms with van der Waals surface area (Å²) >= 11 is 0. The number of carboxylic acids is 1. The van der Waals surface area contributed by atoms with Crippen LogP contribution in [0.3, 0.4) is 0 Å². The lowest BCUT2D eigenvalue weighted by molar-refractivity contribution is -0.310. The molecule has 1 saturated heterocycles. The van der Waals surface area contributed by atoms with Gasteiger partial charge < -0.3 is 19.5 Å². The van der Waals surface area contributed by atoms with E-state index in [1.54, 1.807) is 0 Å². The van der Waals surface area contributed by atoms with Gasteiger partial charge >= 0.3 is 0 Å². The van der Waals surface area contributed by atoms with Gasteiger partial charge in [-0.3, -0.25) is 0 Å². The molecule has 0 amide bonds. The Morgan fingerprint density at radius 1 is 1.69 bits per heavy atom. The zero-order chi connectivity index (χ0) is 9.68. The summed E-state index contributed by atoms with van der Waals surface area (Å²) in [6.45, 7) is 4.78. The molecule has 13 heavy (non-hydrogen) atoms. The van der Waals surface area contributed by atoms with E-state index < -0.39 is 5.97 Å². The quantitative estimate of drug-likeness (QED) is 0.579. The average Bonchev–Trinajstić information content (AvgIpc) is 2.15. The fourth-order valence-corrected chi connectivity index (χ4v) is 1.62. The van der Waals surface area contributed by atoms with Crippen LogP contribution >= 0.6 is 0 Å². The Labute approximate surface area is 78.5 Å². The van der Waals surface area contributed by atoms with Gasteiger partial charge in [0, 0.05) is 6.54 Å². The zero-order valence-electron chi connectivity index (χ0n) is 7.99. The minimum atomic E-state index is -1.13. The molecular weight excluding hydrogens is 170 g/mol. The molecule has 0 saturated carbocycles. The van der Waals surface area contributed by atoms with Crippen LogP contribution in [0.25, 0.3) is 0 Å². The minimum absolute atomic E-state index is 0.0756. The van der Waals surface area contributed by atoms with Crippen molar-refractivity contribution in [3.63, 3.8) is 0 Å². The monoisotopic (exact) mass is 186 g/mol. The molecule has 4 heteroatoms. The third-order valence-electron chi connectivity index (χ3n) is 2.35. The molecular formula is C9H16NO3-. The number of carbonyl (C=O) groups excluding carboxylic acids is 1. The Morgan fingerprint density at radius 3 is 3.08 bits per heavy atom. The SMILES string of the molecule is CCN1CCCC(OCC(=O)[O-])C1. The summed E-state index contributed by atoms with van der Waals surface area (Å²) in [5.74, 6) is -1.13. The summed E-state index contributed by atoms with van der Waals surface area (Å²) in [6, 6.07) is 0. The largest absolute Gasteiger partial charge is 0.548 e. The van der Waals surface area contributed by atoms with Gasteiger partial charge in [0.25, 0.3) is 0 Å². The van der Waals surface area contributed by atoms with Crippen LogP contribution < -0.4 is 5.11 Å². The highest BCUT2D eigenvalue weighted by molar-refractivity contribution is 5.65. The molecule has 0 aromatic carbocycles. The molecule has 0 aliphatic carbocycles. The summed E-state index contributed by atoms with van der Waals surface area (Å²) in [4.78, 5) is 12.4. The van der Waals surface area contributed by atoms with Gasteiger partial charge in [0.2, 0.25) is 0 Å². The van der Waals surface area contributed by atoms with Crippen molar-refractivity contribution in [2.75, 3.05) is 26.2 Å². The number of ether oxygens (including phenoxy) is 1. The lowest BCUT2D eigenvalue weighted by Gasteiger charge is -2.31. The van der Waals surface area contributed by atoms with Crippen molar-refractivity contribution < 1.29 is 14.6 Å². The summed E-state index contributed by atoms with van der Waals surface area (Å²) < 4.78 is 5.17. The smallest absolute Gasteiger partial charge is 0.0865 e. The number of piperidine rings is 1. The predicted molar refractivity (Wildman–Crippen MR) is 46.1 cm³/mol. The second-order valence-corrected chi connectivity index (χ2v) is 3.34. The number of likely N-dealkylation sites (tertiary alicyclic amines) is 1. The van der Waals surface area contributed by atoms with Crippen molar-refractivity contribution in [1.29, 1.82) is 0 Å². The van der Waals surface area contributed by atoms with Crippen molar-refractivity contribution in [2.45, 2.75) is 25.9 Å². The summed E-state index contributed by atoms with van der Waals surface area (Å²) in [6.07, 6.45) is 2.13. The van der Waals surface area contributed by atoms with Crippen molar-refractivity contribution >= 4 is 5.97 Å². The van der Waals surface area contributed by atoms with E-state index in [1.165, 1.54) is 0 Å². The van der Waals surface area contributed by atoms with Gasteiger partial charge in [-0.25, -0.2) is 0 Å². The first-order chi connectivity index (χ1) is 6.22. The van der Waals surface area contributed by atoms with E-state index in [0.717, 1.165) is 32.5 Å². The van der Waals surface area contributed by atoms with Gasteiger partial charge in [-0.2, -0.15) is 0 Å². The first-order valence-electron chi connectivity index (χ1n) is 4.76. The maximum atomic E-state index is 10.1. The normalized spacial score (nSPS) is 24.5. The lowest BCUT2D eigenvalue weighted by Crippen LogP contribution is -2.41. The van der Waals surface area contributed by atoms with Crippen LogP contribution in [0.2, 0.25) is 0 Å². The number of aliphatic carboxylic acids is 1. The van der Waals surface area contributed by atoms with Crippen LogP contribution in [0.5, 0.6) is 0 Å². The van der Waals surface area contributed by atoms with Gasteiger partial charge in [0.15, 0.2) is 0 Å². The fourth-order valence-electron chi connectivity index (χ4n) is 1.62. The molecule has 4 nitrogen and oxygen atoms in total. The number of carbonyl (C=O) groups is 1. The van der Waals surface area contributed by atoms with Gasteiger partial charge in [-0.05, 0) is 25.9 Å². The van der Waals surface area contributed by atoms with Crippen LogP contribution in [0, 0.1) is 0 Å². The van der Waals surface area contributed by atoms with Crippen molar-refractivity contribution in [1.82, 2.24) is 4.90 Å². The lowest BCUT2D eigenvalue weighted by atomic mass is 10.1. The van der Waals surface area contributed by atoms with Crippen molar-refractivity contribution in [2.24, 2.45) is 0 Å². The molecule has 1 fully saturated rings. The number of rotatable bonds is 4. The molecule has 0 aromatic heterocycles. The average molecular weight is 186 g/mol. The maximum absolute atomic E-state index is 10.1. The number of carboxylic acid groups (broad SMARTS) is 1. The highest BCUT2D eigenvalue weighted by atomic mass is 16.5. The van der Waals surface area contributed by atoms with Crippen LogP contribution in [-0.2, 0) is 9.53 Å². The van der Waals surface area contributed by atoms with E-state index >= 15 is 0 Å². The molecule has 0 aromatic rings. The first-order valence-corrected chi connectivity index (χ1v) is 4.76.